The van der Waals surface area contributed by atoms with Gasteiger partial charge in [0.25, 0.3) is 0 Å². The fourth-order valence-electron chi connectivity index (χ4n) is 3.34. The van der Waals surface area contributed by atoms with Crippen LogP contribution in [-0.2, 0) is 13.0 Å². The molecule has 1 amide bonds. The highest BCUT2D eigenvalue weighted by molar-refractivity contribution is 7.13. The maximum atomic E-state index is 11.4. The number of benzene rings is 1. The van der Waals surface area contributed by atoms with Gasteiger partial charge < -0.3 is 15.5 Å². The van der Waals surface area contributed by atoms with Gasteiger partial charge in [0.2, 0.25) is 5.91 Å². The molecule has 5 nitrogen and oxygen atoms in total. The lowest BCUT2D eigenvalue weighted by Gasteiger charge is -2.31. The molecule has 0 unspecified atom stereocenters. The molecule has 0 atom stereocenters. The number of anilines is 2. The minimum absolute atomic E-state index is 0.359. The molecule has 4 rings (SSSR count). The third-order valence-corrected chi connectivity index (χ3v) is 5.85. The Labute approximate surface area is 146 Å². The molecule has 2 aromatic rings. The number of nitrogens with zero attached hydrogens (tertiary/aromatic N) is 3. The van der Waals surface area contributed by atoms with Crippen molar-refractivity contribution in [3.05, 3.63) is 40.4 Å². The zero-order valence-electron chi connectivity index (χ0n) is 13.9. The van der Waals surface area contributed by atoms with Crippen LogP contribution in [0.4, 0.5) is 10.8 Å². The average molecular weight is 342 g/mol. The number of hydrogen-bond acceptors (Lipinski definition) is 5. The number of carbonyl (C=O) groups excluding carboxylic acids is 1. The van der Waals surface area contributed by atoms with E-state index < -0.39 is 0 Å². The van der Waals surface area contributed by atoms with E-state index in [2.05, 4.69) is 22.2 Å². The molecule has 2 N–H and O–H groups in total. The second-order valence-electron chi connectivity index (χ2n) is 6.70. The van der Waals surface area contributed by atoms with E-state index in [1.165, 1.54) is 24.1 Å². The van der Waals surface area contributed by atoms with Crippen LogP contribution in [0.5, 0.6) is 0 Å². The van der Waals surface area contributed by atoms with Gasteiger partial charge in [-0.2, -0.15) is 0 Å². The predicted molar refractivity (Wildman–Crippen MR) is 97.9 cm³/mol. The largest absolute Gasteiger partial charge is 0.366 e. The molecule has 0 spiro atoms. The highest BCUT2D eigenvalue weighted by Crippen LogP contribution is 2.33. The van der Waals surface area contributed by atoms with E-state index in [9.17, 15) is 4.79 Å². The first-order valence-electron chi connectivity index (χ1n) is 8.47. The van der Waals surface area contributed by atoms with Crippen LogP contribution in [-0.4, -0.2) is 30.5 Å². The summed E-state index contributed by atoms with van der Waals surface area (Å²) in [4.78, 5) is 20.9. The third kappa shape index (κ3) is 2.98. The molecule has 1 aliphatic carbocycles. The molecule has 1 saturated carbocycles. The van der Waals surface area contributed by atoms with Crippen molar-refractivity contribution >= 4 is 28.1 Å². The first kappa shape index (κ1) is 15.4. The van der Waals surface area contributed by atoms with Crippen LogP contribution < -0.4 is 15.5 Å². The summed E-state index contributed by atoms with van der Waals surface area (Å²) in [5, 5.41) is 3.29. The Balaban J connectivity index is 1.53. The van der Waals surface area contributed by atoms with Gasteiger partial charge in [-0.1, -0.05) is 0 Å². The average Bonchev–Trinajstić information content (AvgIpc) is 3.33. The standard InChI is InChI=1S/C18H22N4OS/c1-21(15-5-6-15)18-20-14(11-24-18)10-22-8-2-3-12-9-13(17(19)23)4-7-16(12)22/h4,7,9,11,15H,2-3,5-6,8,10H2,1H3,(H2,19,23). The molecule has 1 fully saturated rings. The summed E-state index contributed by atoms with van der Waals surface area (Å²) < 4.78 is 0. The molecule has 0 saturated heterocycles. The van der Waals surface area contributed by atoms with Crippen molar-refractivity contribution in [2.24, 2.45) is 5.73 Å². The van der Waals surface area contributed by atoms with Gasteiger partial charge in [0, 0.05) is 36.3 Å². The minimum Gasteiger partial charge on any atom is -0.366 e. The molecule has 126 valence electrons. The minimum atomic E-state index is -0.359. The second-order valence-corrected chi connectivity index (χ2v) is 7.53. The van der Waals surface area contributed by atoms with Crippen molar-refractivity contribution in [3.63, 3.8) is 0 Å². The van der Waals surface area contributed by atoms with E-state index in [-0.39, 0.29) is 5.91 Å². The van der Waals surface area contributed by atoms with Crippen LogP contribution in [0, 0.1) is 0 Å². The maximum absolute atomic E-state index is 11.4. The van der Waals surface area contributed by atoms with Gasteiger partial charge in [0.05, 0.1) is 12.2 Å². The van der Waals surface area contributed by atoms with E-state index >= 15 is 0 Å². The quantitative estimate of drug-likeness (QED) is 0.907. The van der Waals surface area contributed by atoms with Crippen LogP contribution in [0.25, 0.3) is 0 Å². The number of fused-ring (bicyclic) bond motifs is 1. The Bertz CT molecular complexity index is 768. The smallest absolute Gasteiger partial charge is 0.248 e. The normalized spacial score (nSPS) is 16.8. The SMILES string of the molecule is CN(c1nc(CN2CCCc3cc(C(N)=O)ccc32)cs1)C1CC1. The van der Waals surface area contributed by atoms with Crippen molar-refractivity contribution in [1.29, 1.82) is 0 Å². The zero-order chi connectivity index (χ0) is 16.7. The fraction of sp³-hybridized carbons (Fsp3) is 0.444. The number of thiazole rings is 1. The maximum Gasteiger partial charge on any atom is 0.248 e. The molecular weight excluding hydrogens is 320 g/mol. The second kappa shape index (κ2) is 6.09. The summed E-state index contributed by atoms with van der Waals surface area (Å²) >= 11 is 1.73. The lowest BCUT2D eigenvalue weighted by Crippen LogP contribution is -2.29. The van der Waals surface area contributed by atoms with Crippen LogP contribution in [0.15, 0.2) is 23.6 Å². The number of primary amides is 1. The van der Waals surface area contributed by atoms with Crippen LogP contribution in [0.2, 0.25) is 0 Å². The Kier molecular flexibility index (Phi) is 3.92. The molecule has 0 bridgehead atoms. The lowest BCUT2D eigenvalue weighted by atomic mass is 9.99. The van der Waals surface area contributed by atoms with Gasteiger partial charge in [0.1, 0.15) is 0 Å². The number of hydrogen-bond donors (Lipinski definition) is 1. The Hall–Kier alpha value is -2.08. The summed E-state index contributed by atoms with van der Waals surface area (Å²) in [7, 11) is 2.14. The lowest BCUT2D eigenvalue weighted by molar-refractivity contribution is 0.1000. The summed E-state index contributed by atoms with van der Waals surface area (Å²) in [5.74, 6) is -0.359. The molecule has 1 aromatic heterocycles. The molecule has 2 aliphatic rings. The molecule has 6 heteroatoms. The third-order valence-electron chi connectivity index (χ3n) is 4.87. The van der Waals surface area contributed by atoms with Gasteiger partial charge in [-0.3, -0.25) is 4.79 Å². The van der Waals surface area contributed by atoms with Crippen molar-refractivity contribution in [2.45, 2.75) is 38.3 Å². The fourth-order valence-corrected chi connectivity index (χ4v) is 4.19. The summed E-state index contributed by atoms with van der Waals surface area (Å²) in [6.07, 6.45) is 4.66. The highest BCUT2D eigenvalue weighted by atomic mass is 32.1. The summed E-state index contributed by atoms with van der Waals surface area (Å²) in [6.45, 7) is 1.84. The Morgan fingerprint density at radius 2 is 2.29 bits per heavy atom. The van der Waals surface area contributed by atoms with Gasteiger partial charge in [-0.05, 0) is 49.4 Å². The molecule has 1 aliphatic heterocycles. The number of aryl methyl sites for hydroxylation is 1. The van der Waals surface area contributed by atoms with Gasteiger partial charge in [-0.25, -0.2) is 4.98 Å². The summed E-state index contributed by atoms with van der Waals surface area (Å²) in [6, 6.07) is 6.48. The van der Waals surface area contributed by atoms with Crippen molar-refractivity contribution in [3.8, 4) is 0 Å². The number of carbonyl (C=O) groups is 1. The summed E-state index contributed by atoms with van der Waals surface area (Å²) in [5.41, 5.74) is 9.53. The van der Waals surface area contributed by atoms with Crippen molar-refractivity contribution in [1.82, 2.24) is 4.98 Å². The monoisotopic (exact) mass is 342 g/mol. The predicted octanol–water partition coefficient (Wildman–Crippen LogP) is 2.79. The number of amides is 1. The molecule has 0 radical (unpaired) electrons. The molecular formula is C18H22N4OS. The van der Waals surface area contributed by atoms with Gasteiger partial charge in [-0.15, -0.1) is 11.3 Å². The van der Waals surface area contributed by atoms with Gasteiger partial charge in [0.15, 0.2) is 5.13 Å². The van der Waals surface area contributed by atoms with E-state index in [0.29, 0.717) is 11.6 Å². The van der Waals surface area contributed by atoms with E-state index in [4.69, 9.17) is 10.7 Å². The first-order valence-corrected chi connectivity index (χ1v) is 9.34. The van der Waals surface area contributed by atoms with E-state index in [1.807, 2.05) is 18.2 Å². The van der Waals surface area contributed by atoms with Gasteiger partial charge >= 0.3 is 0 Å². The Morgan fingerprint density at radius 3 is 3.04 bits per heavy atom. The number of nitrogens with two attached hydrogens (primary N) is 1. The van der Waals surface area contributed by atoms with Crippen molar-refractivity contribution in [2.75, 3.05) is 23.4 Å². The number of rotatable bonds is 5. The molecule has 1 aromatic carbocycles. The topological polar surface area (TPSA) is 62.5 Å². The van der Waals surface area contributed by atoms with Crippen LogP contribution >= 0.6 is 11.3 Å². The van der Waals surface area contributed by atoms with E-state index in [0.717, 1.165) is 36.8 Å². The molecule has 2 heterocycles. The highest BCUT2D eigenvalue weighted by Gasteiger charge is 2.28. The zero-order valence-corrected chi connectivity index (χ0v) is 14.7. The van der Waals surface area contributed by atoms with Crippen LogP contribution in [0.1, 0.15) is 40.9 Å². The Morgan fingerprint density at radius 1 is 1.46 bits per heavy atom. The first-order chi connectivity index (χ1) is 11.6. The molecule has 24 heavy (non-hydrogen) atoms. The van der Waals surface area contributed by atoms with Crippen LogP contribution in [0.3, 0.4) is 0 Å². The number of aromatic nitrogens is 1. The van der Waals surface area contributed by atoms with E-state index in [1.54, 1.807) is 11.3 Å². The van der Waals surface area contributed by atoms with Crippen molar-refractivity contribution < 1.29 is 4.79 Å².